The Hall–Kier alpha value is -2.16. The molecular formula is C17H21FN2O5S. The Morgan fingerprint density at radius 3 is 2.38 bits per heavy atom. The van der Waals surface area contributed by atoms with Gasteiger partial charge in [-0.2, -0.15) is 0 Å². The zero-order chi connectivity index (χ0) is 18.9. The van der Waals surface area contributed by atoms with Crippen LogP contribution in [0.25, 0.3) is 0 Å². The number of anilines is 2. The second-order valence-electron chi connectivity index (χ2n) is 6.78. The zero-order valence-corrected chi connectivity index (χ0v) is 15.0. The molecule has 26 heavy (non-hydrogen) atoms. The van der Waals surface area contributed by atoms with Gasteiger partial charge in [-0.25, -0.2) is 12.8 Å². The molecule has 1 amide bonds. The summed E-state index contributed by atoms with van der Waals surface area (Å²) in [5, 5.41) is 11.7. The highest BCUT2D eigenvalue weighted by Gasteiger charge is 2.32. The zero-order valence-electron chi connectivity index (χ0n) is 14.2. The maximum atomic E-state index is 14.1. The third-order valence-electron chi connectivity index (χ3n) is 5.03. The number of sulfonamides is 1. The molecule has 0 aromatic heterocycles. The van der Waals surface area contributed by atoms with E-state index in [9.17, 15) is 22.4 Å². The number of halogens is 1. The van der Waals surface area contributed by atoms with Gasteiger partial charge in [-0.3, -0.25) is 13.9 Å². The average Bonchev–Trinajstić information content (AvgIpc) is 2.95. The standard InChI is InChI=1S/C17H21FN2O5S/c18-14-7-6-13(10-15(14)20-8-1-9-26(20,24)25)19-16(21)11-2-4-12(5-3-11)17(22)23/h6-7,10-12H,1-5,8-9H2,(H,19,21)(H,22,23). The molecule has 0 bridgehead atoms. The number of carboxylic acid groups (broad SMARTS) is 1. The van der Waals surface area contributed by atoms with E-state index >= 15 is 0 Å². The third kappa shape index (κ3) is 3.82. The first-order valence-electron chi connectivity index (χ1n) is 8.61. The molecule has 0 atom stereocenters. The smallest absolute Gasteiger partial charge is 0.306 e. The number of benzene rings is 1. The summed E-state index contributed by atoms with van der Waals surface area (Å²) in [6.45, 7) is 0.218. The van der Waals surface area contributed by atoms with E-state index < -0.39 is 27.7 Å². The number of aliphatic carboxylic acids is 1. The van der Waals surface area contributed by atoms with Crippen molar-refractivity contribution in [3.8, 4) is 0 Å². The normalized spacial score (nSPS) is 25.0. The van der Waals surface area contributed by atoms with Crippen molar-refractivity contribution in [2.24, 2.45) is 11.8 Å². The molecule has 0 unspecified atom stereocenters. The van der Waals surface area contributed by atoms with Crippen molar-refractivity contribution >= 4 is 33.3 Å². The third-order valence-corrected chi connectivity index (χ3v) is 6.88. The van der Waals surface area contributed by atoms with Crippen molar-refractivity contribution in [3.63, 3.8) is 0 Å². The summed E-state index contributed by atoms with van der Waals surface area (Å²) < 4.78 is 39.1. The molecule has 2 fully saturated rings. The molecule has 1 heterocycles. The summed E-state index contributed by atoms with van der Waals surface area (Å²) in [5.74, 6) is -2.47. The van der Waals surface area contributed by atoms with Crippen LogP contribution in [0.4, 0.5) is 15.8 Å². The Balaban J connectivity index is 1.70. The monoisotopic (exact) mass is 384 g/mol. The fourth-order valence-electron chi connectivity index (χ4n) is 3.54. The van der Waals surface area contributed by atoms with E-state index in [2.05, 4.69) is 5.32 Å². The van der Waals surface area contributed by atoms with Crippen molar-refractivity contribution < 1.29 is 27.5 Å². The summed E-state index contributed by atoms with van der Waals surface area (Å²) >= 11 is 0. The van der Waals surface area contributed by atoms with Crippen LogP contribution in [0.3, 0.4) is 0 Å². The number of hydrogen-bond donors (Lipinski definition) is 2. The van der Waals surface area contributed by atoms with Crippen LogP contribution in [-0.2, 0) is 19.6 Å². The number of nitrogens with zero attached hydrogens (tertiary/aromatic N) is 1. The van der Waals surface area contributed by atoms with E-state index in [1.165, 1.54) is 12.1 Å². The van der Waals surface area contributed by atoms with E-state index in [0.29, 0.717) is 37.8 Å². The maximum absolute atomic E-state index is 14.1. The fourth-order valence-corrected chi connectivity index (χ4v) is 5.10. The van der Waals surface area contributed by atoms with Crippen molar-refractivity contribution in [2.45, 2.75) is 32.1 Å². The highest BCUT2D eigenvalue weighted by atomic mass is 32.2. The van der Waals surface area contributed by atoms with Crippen molar-refractivity contribution in [2.75, 3.05) is 21.9 Å². The summed E-state index contributed by atoms with van der Waals surface area (Å²) in [6, 6.07) is 3.86. The van der Waals surface area contributed by atoms with Gasteiger partial charge >= 0.3 is 5.97 Å². The molecule has 0 spiro atoms. The number of carbonyl (C=O) groups excluding carboxylic acids is 1. The van der Waals surface area contributed by atoms with E-state index in [1.807, 2.05) is 0 Å². The Kier molecular flexibility index (Phi) is 5.17. The largest absolute Gasteiger partial charge is 0.481 e. The first-order chi connectivity index (χ1) is 12.3. The molecule has 1 saturated heterocycles. The second-order valence-corrected chi connectivity index (χ2v) is 8.80. The van der Waals surface area contributed by atoms with Crippen LogP contribution in [0, 0.1) is 17.7 Å². The van der Waals surface area contributed by atoms with Crippen LogP contribution in [0.15, 0.2) is 18.2 Å². The Bertz CT molecular complexity index is 818. The molecule has 2 aliphatic rings. The molecule has 9 heteroatoms. The minimum absolute atomic E-state index is 0.0180. The molecule has 1 aromatic rings. The van der Waals surface area contributed by atoms with Gasteiger partial charge in [-0.05, 0) is 50.3 Å². The van der Waals surface area contributed by atoms with Gasteiger partial charge < -0.3 is 10.4 Å². The molecule has 0 radical (unpaired) electrons. The van der Waals surface area contributed by atoms with Crippen molar-refractivity contribution in [1.82, 2.24) is 0 Å². The van der Waals surface area contributed by atoms with Gasteiger partial charge in [0.05, 0.1) is 17.4 Å². The minimum Gasteiger partial charge on any atom is -0.481 e. The molecule has 142 valence electrons. The molecule has 1 aliphatic carbocycles. The van der Waals surface area contributed by atoms with E-state index in [0.717, 1.165) is 10.4 Å². The Morgan fingerprint density at radius 1 is 1.15 bits per heavy atom. The van der Waals surface area contributed by atoms with Gasteiger partial charge in [-0.1, -0.05) is 0 Å². The predicted molar refractivity (Wildman–Crippen MR) is 93.9 cm³/mol. The van der Waals surface area contributed by atoms with Crippen LogP contribution in [0.1, 0.15) is 32.1 Å². The lowest BCUT2D eigenvalue weighted by Crippen LogP contribution is -2.30. The number of nitrogens with one attached hydrogen (secondary N) is 1. The summed E-state index contributed by atoms with van der Waals surface area (Å²) in [6.07, 6.45) is 2.31. The van der Waals surface area contributed by atoms with Gasteiger partial charge in [0.15, 0.2) is 0 Å². The average molecular weight is 384 g/mol. The van der Waals surface area contributed by atoms with Gasteiger partial charge in [0, 0.05) is 18.2 Å². The summed E-state index contributed by atoms with van der Waals surface area (Å²) in [5.41, 5.74) is 0.267. The molecule has 3 rings (SSSR count). The first-order valence-corrected chi connectivity index (χ1v) is 10.2. The molecule has 1 aliphatic heterocycles. The molecule has 7 nitrogen and oxygen atoms in total. The SMILES string of the molecule is O=C(O)C1CCC(C(=O)Nc2ccc(F)c(N3CCCS3(=O)=O)c2)CC1. The van der Waals surface area contributed by atoms with Crippen LogP contribution < -0.4 is 9.62 Å². The van der Waals surface area contributed by atoms with Crippen LogP contribution in [0.5, 0.6) is 0 Å². The Labute approximate surface area is 151 Å². The molecule has 2 N–H and O–H groups in total. The van der Waals surface area contributed by atoms with Crippen LogP contribution >= 0.6 is 0 Å². The highest BCUT2D eigenvalue weighted by molar-refractivity contribution is 7.93. The lowest BCUT2D eigenvalue weighted by atomic mass is 9.81. The quantitative estimate of drug-likeness (QED) is 0.828. The Morgan fingerprint density at radius 2 is 1.81 bits per heavy atom. The van der Waals surface area contributed by atoms with E-state index in [1.54, 1.807) is 0 Å². The lowest BCUT2D eigenvalue weighted by Gasteiger charge is -2.25. The van der Waals surface area contributed by atoms with Gasteiger partial charge in [0.25, 0.3) is 0 Å². The van der Waals surface area contributed by atoms with Crippen molar-refractivity contribution in [1.29, 1.82) is 0 Å². The molecule has 1 saturated carbocycles. The number of hydrogen-bond acceptors (Lipinski definition) is 4. The predicted octanol–water partition coefficient (Wildman–Crippen LogP) is 2.20. The van der Waals surface area contributed by atoms with Gasteiger partial charge in [0.2, 0.25) is 15.9 Å². The number of amides is 1. The number of carbonyl (C=O) groups is 2. The number of carboxylic acids is 1. The number of rotatable bonds is 4. The molecular weight excluding hydrogens is 363 g/mol. The van der Waals surface area contributed by atoms with Gasteiger partial charge in [0.1, 0.15) is 5.82 Å². The summed E-state index contributed by atoms with van der Waals surface area (Å²) in [4.78, 5) is 23.4. The molecule has 1 aromatic carbocycles. The van der Waals surface area contributed by atoms with Crippen LogP contribution in [-0.4, -0.2) is 37.7 Å². The van der Waals surface area contributed by atoms with E-state index in [4.69, 9.17) is 5.11 Å². The minimum atomic E-state index is -3.52. The maximum Gasteiger partial charge on any atom is 0.306 e. The van der Waals surface area contributed by atoms with Crippen molar-refractivity contribution in [3.05, 3.63) is 24.0 Å². The second kappa shape index (κ2) is 7.22. The lowest BCUT2D eigenvalue weighted by molar-refractivity contribution is -0.143. The van der Waals surface area contributed by atoms with Gasteiger partial charge in [-0.15, -0.1) is 0 Å². The topological polar surface area (TPSA) is 104 Å². The first kappa shape index (κ1) is 18.6. The van der Waals surface area contributed by atoms with Crippen LogP contribution in [0.2, 0.25) is 0 Å². The highest BCUT2D eigenvalue weighted by Crippen LogP contribution is 2.32. The summed E-state index contributed by atoms with van der Waals surface area (Å²) in [7, 11) is -3.52. The van der Waals surface area contributed by atoms with E-state index in [-0.39, 0.29) is 29.8 Å². The fraction of sp³-hybridized carbons (Fsp3) is 0.529.